The SMILES string of the molecule is CCOc1cccc(CC(C)N)c1OCCCC(=O)NC. The lowest BCUT2D eigenvalue weighted by molar-refractivity contribution is -0.120. The van der Waals surface area contributed by atoms with Crippen LogP contribution in [0.3, 0.4) is 0 Å². The highest BCUT2D eigenvalue weighted by Gasteiger charge is 2.12. The number of nitrogens with two attached hydrogens (primary N) is 1. The van der Waals surface area contributed by atoms with Crippen LogP contribution in [0.15, 0.2) is 18.2 Å². The predicted molar refractivity (Wildman–Crippen MR) is 83.8 cm³/mol. The summed E-state index contributed by atoms with van der Waals surface area (Å²) < 4.78 is 11.5. The number of rotatable bonds is 9. The van der Waals surface area contributed by atoms with Gasteiger partial charge in [-0.25, -0.2) is 0 Å². The lowest BCUT2D eigenvalue weighted by atomic mass is 10.1. The van der Waals surface area contributed by atoms with Crippen molar-refractivity contribution in [2.24, 2.45) is 5.73 Å². The minimum absolute atomic E-state index is 0.0208. The molecule has 0 aliphatic rings. The molecule has 3 N–H and O–H groups in total. The van der Waals surface area contributed by atoms with Crippen molar-refractivity contribution in [1.82, 2.24) is 5.32 Å². The zero-order valence-corrected chi connectivity index (χ0v) is 13.1. The Kier molecular flexibility index (Phi) is 7.61. The fourth-order valence-corrected chi connectivity index (χ4v) is 2.03. The van der Waals surface area contributed by atoms with Crippen LogP contribution in [0.4, 0.5) is 0 Å². The van der Waals surface area contributed by atoms with Gasteiger partial charge in [0, 0.05) is 19.5 Å². The summed E-state index contributed by atoms with van der Waals surface area (Å²) in [4.78, 5) is 11.2. The number of ether oxygens (including phenoxy) is 2. The van der Waals surface area contributed by atoms with E-state index in [0.29, 0.717) is 26.1 Å². The summed E-state index contributed by atoms with van der Waals surface area (Å²) in [7, 11) is 1.63. The van der Waals surface area contributed by atoms with Crippen molar-refractivity contribution in [2.75, 3.05) is 20.3 Å². The molecule has 0 saturated heterocycles. The van der Waals surface area contributed by atoms with Crippen LogP contribution in [0.25, 0.3) is 0 Å². The molecule has 5 heteroatoms. The van der Waals surface area contributed by atoms with Gasteiger partial charge in [-0.3, -0.25) is 4.79 Å². The third-order valence-electron chi connectivity index (χ3n) is 2.98. The molecule has 1 aromatic carbocycles. The summed E-state index contributed by atoms with van der Waals surface area (Å²) in [5.74, 6) is 1.50. The number of amides is 1. The zero-order chi connectivity index (χ0) is 15.7. The maximum Gasteiger partial charge on any atom is 0.219 e. The van der Waals surface area contributed by atoms with Crippen molar-refractivity contribution in [3.05, 3.63) is 23.8 Å². The van der Waals surface area contributed by atoms with Crippen LogP contribution < -0.4 is 20.5 Å². The Labute approximate surface area is 126 Å². The standard InChI is InChI=1S/C16H26N2O3/c1-4-20-14-8-5-7-13(11-12(2)17)16(14)21-10-6-9-15(19)18-3/h5,7-8,12H,4,6,9-11,17H2,1-3H3,(H,18,19). The molecule has 0 aromatic heterocycles. The van der Waals surface area contributed by atoms with Crippen LogP contribution in [0.2, 0.25) is 0 Å². The molecule has 0 spiro atoms. The third kappa shape index (κ3) is 6.04. The summed E-state index contributed by atoms with van der Waals surface area (Å²) in [6, 6.07) is 5.89. The van der Waals surface area contributed by atoms with Crippen LogP contribution in [-0.4, -0.2) is 32.2 Å². The van der Waals surface area contributed by atoms with Crippen LogP contribution in [0.5, 0.6) is 11.5 Å². The minimum Gasteiger partial charge on any atom is -0.490 e. The van der Waals surface area contributed by atoms with Gasteiger partial charge in [0.2, 0.25) is 5.91 Å². The van der Waals surface area contributed by atoms with Crippen LogP contribution in [0.1, 0.15) is 32.3 Å². The Morgan fingerprint density at radius 1 is 1.38 bits per heavy atom. The molecule has 5 nitrogen and oxygen atoms in total. The van der Waals surface area contributed by atoms with Crippen LogP contribution >= 0.6 is 0 Å². The topological polar surface area (TPSA) is 73.6 Å². The molecule has 0 heterocycles. The highest BCUT2D eigenvalue weighted by molar-refractivity contribution is 5.75. The second-order valence-corrected chi connectivity index (χ2v) is 4.98. The maximum atomic E-state index is 11.2. The largest absolute Gasteiger partial charge is 0.490 e. The molecular weight excluding hydrogens is 268 g/mol. The Bertz CT molecular complexity index is 447. The molecule has 1 atom stereocenters. The zero-order valence-electron chi connectivity index (χ0n) is 13.1. The van der Waals surface area contributed by atoms with E-state index in [0.717, 1.165) is 23.5 Å². The second-order valence-electron chi connectivity index (χ2n) is 4.98. The molecule has 1 rings (SSSR count). The van der Waals surface area contributed by atoms with Gasteiger partial charge >= 0.3 is 0 Å². The van der Waals surface area contributed by atoms with Crippen molar-refractivity contribution in [2.45, 2.75) is 39.2 Å². The van der Waals surface area contributed by atoms with E-state index in [1.165, 1.54) is 0 Å². The van der Waals surface area contributed by atoms with E-state index in [9.17, 15) is 4.79 Å². The van der Waals surface area contributed by atoms with Crippen molar-refractivity contribution < 1.29 is 14.3 Å². The first-order chi connectivity index (χ1) is 10.1. The van der Waals surface area contributed by atoms with E-state index in [-0.39, 0.29) is 11.9 Å². The van der Waals surface area contributed by atoms with Gasteiger partial charge in [0.25, 0.3) is 0 Å². The van der Waals surface area contributed by atoms with E-state index >= 15 is 0 Å². The number of benzene rings is 1. The third-order valence-corrected chi connectivity index (χ3v) is 2.98. The van der Waals surface area contributed by atoms with Gasteiger partial charge in [-0.15, -0.1) is 0 Å². The number of carbonyl (C=O) groups is 1. The minimum atomic E-state index is 0.0208. The van der Waals surface area contributed by atoms with Gasteiger partial charge in [0.1, 0.15) is 0 Å². The molecule has 0 bridgehead atoms. The monoisotopic (exact) mass is 294 g/mol. The van der Waals surface area contributed by atoms with E-state index in [1.54, 1.807) is 7.05 Å². The number of hydrogen-bond donors (Lipinski definition) is 2. The van der Waals surface area contributed by atoms with Gasteiger partial charge in [0.05, 0.1) is 13.2 Å². The van der Waals surface area contributed by atoms with Gasteiger partial charge in [0.15, 0.2) is 11.5 Å². The molecule has 1 aromatic rings. The average Bonchev–Trinajstić information content (AvgIpc) is 2.45. The van der Waals surface area contributed by atoms with Gasteiger partial charge in [-0.05, 0) is 38.3 Å². The molecule has 118 valence electrons. The first kappa shape index (κ1) is 17.3. The Morgan fingerprint density at radius 2 is 2.14 bits per heavy atom. The molecule has 1 amide bonds. The average molecular weight is 294 g/mol. The second kappa shape index (κ2) is 9.23. The van der Waals surface area contributed by atoms with Crippen molar-refractivity contribution in [1.29, 1.82) is 0 Å². The summed E-state index contributed by atoms with van der Waals surface area (Å²) >= 11 is 0. The highest BCUT2D eigenvalue weighted by Crippen LogP contribution is 2.32. The smallest absolute Gasteiger partial charge is 0.219 e. The van der Waals surface area contributed by atoms with Crippen LogP contribution in [0, 0.1) is 0 Å². The molecule has 0 fully saturated rings. The normalized spacial score (nSPS) is 11.8. The van der Waals surface area contributed by atoms with Crippen molar-refractivity contribution in [3.8, 4) is 11.5 Å². The highest BCUT2D eigenvalue weighted by atomic mass is 16.5. The van der Waals surface area contributed by atoms with Gasteiger partial charge in [-0.2, -0.15) is 0 Å². The Morgan fingerprint density at radius 3 is 2.76 bits per heavy atom. The number of para-hydroxylation sites is 1. The first-order valence-corrected chi connectivity index (χ1v) is 7.42. The lowest BCUT2D eigenvalue weighted by Crippen LogP contribution is -2.19. The van der Waals surface area contributed by atoms with Crippen molar-refractivity contribution >= 4 is 5.91 Å². The van der Waals surface area contributed by atoms with Crippen molar-refractivity contribution in [3.63, 3.8) is 0 Å². The number of nitrogens with one attached hydrogen (secondary N) is 1. The quantitative estimate of drug-likeness (QED) is 0.682. The number of hydrogen-bond acceptors (Lipinski definition) is 4. The number of carbonyl (C=O) groups excluding carboxylic acids is 1. The summed E-state index contributed by atoms with van der Waals surface area (Å²) in [6.07, 6.45) is 1.85. The van der Waals surface area contributed by atoms with E-state index in [2.05, 4.69) is 5.32 Å². The summed E-state index contributed by atoms with van der Waals surface area (Å²) in [5.41, 5.74) is 6.92. The first-order valence-electron chi connectivity index (χ1n) is 7.42. The fraction of sp³-hybridized carbons (Fsp3) is 0.562. The lowest BCUT2D eigenvalue weighted by Gasteiger charge is -2.17. The molecule has 0 saturated carbocycles. The molecular formula is C16H26N2O3. The predicted octanol–water partition coefficient (Wildman–Crippen LogP) is 1.88. The summed E-state index contributed by atoms with van der Waals surface area (Å²) in [5, 5.41) is 2.60. The Hall–Kier alpha value is -1.75. The Balaban J connectivity index is 2.73. The molecule has 0 aliphatic heterocycles. The van der Waals surface area contributed by atoms with Gasteiger partial charge < -0.3 is 20.5 Å². The van der Waals surface area contributed by atoms with E-state index in [4.69, 9.17) is 15.2 Å². The van der Waals surface area contributed by atoms with Gasteiger partial charge in [-0.1, -0.05) is 12.1 Å². The maximum absolute atomic E-state index is 11.2. The summed E-state index contributed by atoms with van der Waals surface area (Å²) in [6.45, 7) is 4.95. The molecule has 0 aliphatic carbocycles. The fourth-order valence-electron chi connectivity index (χ4n) is 2.03. The van der Waals surface area contributed by atoms with E-state index in [1.807, 2.05) is 32.0 Å². The van der Waals surface area contributed by atoms with Crippen LogP contribution in [-0.2, 0) is 11.2 Å². The van der Waals surface area contributed by atoms with E-state index < -0.39 is 0 Å². The molecule has 21 heavy (non-hydrogen) atoms. The molecule has 1 unspecified atom stereocenters. The molecule has 0 radical (unpaired) electrons.